The van der Waals surface area contributed by atoms with Gasteiger partial charge in [0.05, 0.1) is 18.5 Å². The van der Waals surface area contributed by atoms with Crippen molar-refractivity contribution < 1.29 is 17.9 Å². The van der Waals surface area contributed by atoms with Gasteiger partial charge in [-0.2, -0.15) is 0 Å². The number of hydrogen-bond donors (Lipinski definition) is 1. The van der Waals surface area contributed by atoms with E-state index in [4.69, 9.17) is 4.74 Å². The maximum absolute atomic E-state index is 12.4. The molecule has 0 bridgehead atoms. The Morgan fingerprint density at radius 3 is 2.06 bits per heavy atom. The first-order valence-electron chi connectivity index (χ1n) is 10.3. The van der Waals surface area contributed by atoms with Crippen LogP contribution in [-0.4, -0.2) is 27.2 Å². The lowest BCUT2D eigenvalue weighted by atomic mass is 10.1. The number of rotatable bonds is 8. The third-order valence-electron chi connectivity index (χ3n) is 5.09. The summed E-state index contributed by atoms with van der Waals surface area (Å²) >= 11 is 0. The zero-order valence-corrected chi connectivity index (χ0v) is 19.6. The van der Waals surface area contributed by atoms with Gasteiger partial charge in [0.25, 0.3) is 5.91 Å². The van der Waals surface area contributed by atoms with Gasteiger partial charge in [-0.25, -0.2) is 8.42 Å². The van der Waals surface area contributed by atoms with Gasteiger partial charge in [-0.3, -0.25) is 9.10 Å². The first kappa shape index (κ1) is 23.3. The number of aryl methyl sites for hydroxylation is 3. The molecule has 3 aromatic carbocycles. The predicted octanol–water partition coefficient (Wildman–Crippen LogP) is 4.60. The quantitative estimate of drug-likeness (QED) is 0.542. The SMILES string of the molecule is Cc1ccc(CN(c2ccc(OCC(=O)Nc3c(C)cccc3C)cc2)S(C)(=O)=O)cc1. The van der Waals surface area contributed by atoms with Crippen LogP contribution in [-0.2, 0) is 21.4 Å². The van der Waals surface area contributed by atoms with E-state index < -0.39 is 10.0 Å². The van der Waals surface area contributed by atoms with Crippen LogP contribution in [0.2, 0.25) is 0 Å². The zero-order valence-electron chi connectivity index (χ0n) is 18.8. The van der Waals surface area contributed by atoms with Gasteiger partial charge in [-0.05, 0) is 61.7 Å². The molecule has 32 heavy (non-hydrogen) atoms. The number of sulfonamides is 1. The van der Waals surface area contributed by atoms with Crippen molar-refractivity contribution >= 4 is 27.3 Å². The standard InChI is InChI=1S/C25H28N2O4S/c1-18-8-10-21(11-9-18)16-27(32(4,29)30)22-12-14-23(15-13-22)31-17-24(28)26-25-19(2)6-5-7-20(25)3/h5-15H,16-17H2,1-4H3,(H,26,28). The van der Waals surface area contributed by atoms with Crippen LogP contribution in [0.4, 0.5) is 11.4 Å². The van der Waals surface area contributed by atoms with Crippen molar-refractivity contribution in [2.45, 2.75) is 27.3 Å². The van der Waals surface area contributed by atoms with Gasteiger partial charge < -0.3 is 10.1 Å². The number of ether oxygens (including phenoxy) is 1. The molecular weight excluding hydrogens is 424 g/mol. The van der Waals surface area contributed by atoms with E-state index in [-0.39, 0.29) is 19.1 Å². The van der Waals surface area contributed by atoms with E-state index in [2.05, 4.69) is 5.32 Å². The van der Waals surface area contributed by atoms with Gasteiger partial charge in [-0.15, -0.1) is 0 Å². The molecule has 0 fully saturated rings. The topological polar surface area (TPSA) is 75.7 Å². The highest BCUT2D eigenvalue weighted by atomic mass is 32.2. The molecule has 0 heterocycles. The van der Waals surface area contributed by atoms with Gasteiger partial charge in [0.2, 0.25) is 10.0 Å². The smallest absolute Gasteiger partial charge is 0.262 e. The largest absolute Gasteiger partial charge is 0.484 e. The van der Waals surface area contributed by atoms with Crippen LogP contribution in [0.5, 0.6) is 5.75 Å². The van der Waals surface area contributed by atoms with Crippen molar-refractivity contribution in [3.63, 3.8) is 0 Å². The summed E-state index contributed by atoms with van der Waals surface area (Å²) in [5.41, 5.74) is 5.29. The number of amides is 1. The van der Waals surface area contributed by atoms with E-state index in [0.29, 0.717) is 11.4 Å². The molecule has 0 aromatic heterocycles. The lowest BCUT2D eigenvalue weighted by molar-refractivity contribution is -0.118. The molecule has 0 saturated heterocycles. The van der Waals surface area contributed by atoms with Gasteiger partial charge in [-0.1, -0.05) is 48.0 Å². The Morgan fingerprint density at radius 1 is 0.906 bits per heavy atom. The molecule has 0 unspecified atom stereocenters. The van der Waals surface area contributed by atoms with Gasteiger partial charge in [0.1, 0.15) is 5.75 Å². The van der Waals surface area contributed by atoms with Crippen LogP contribution in [0.15, 0.2) is 66.7 Å². The summed E-state index contributed by atoms with van der Waals surface area (Å²) in [4.78, 5) is 12.3. The zero-order chi connectivity index (χ0) is 23.3. The van der Waals surface area contributed by atoms with Crippen LogP contribution in [0, 0.1) is 20.8 Å². The maximum atomic E-state index is 12.4. The second-order valence-electron chi connectivity index (χ2n) is 7.85. The third kappa shape index (κ3) is 6.11. The minimum atomic E-state index is -3.48. The van der Waals surface area contributed by atoms with E-state index >= 15 is 0 Å². The number of benzene rings is 3. The monoisotopic (exact) mass is 452 g/mol. The van der Waals surface area contributed by atoms with Crippen LogP contribution in [0.25, 0.3) is 0 Å². The molecule has 0 atom stereocenters. The number of carbonyl (C=O) groups excluding carboxylic acids is 1. The van der Waals surface area contributed by atoms with Gasteiger partial charge in [0.15, 0.2) is 6.61 Å². The molecule has 0 aliphatic carbocycles. The highest BCUT2D eigenvalue weighted by Gasteiger charge is 2.18. The van der Waals surface area contributed by atoms with Crippen LogP contribution < -0.4 is 14.4 Å². The van der Waals surface area contributed by atoms with E-state index in [0.717, 1.165) is 27.9 Å². The molecular formula is C25H28N2O4S. The molecule has 7 heteroatoms. The fourth-order valence-corrected chi connectivity index (χ4v) is 4.19. The fourth-order valence-electron chi connectivity index (χ4n) is 3.30. The lowest BCUT2D eigenvalue weighted by Crippen LogP contribution is -2.29. The Balaban J connectivity index is 1.66. The lowest BCUT2D eigenvalue weighted by Gasteiger charge is -2.23. The highest BCUT2D eigenvalue weighted by molar-refractivity contribution is 7.92. The highest BCUT2D eigenvalue weighted by Crippen LogP contribution is 2.24. The fraction of sp³-hybridized carbons (Fsp3) is 0.240. The molecule has 0 spiro atoms. The number of anilines is 2. The van der Waals surface area contributed by atoms with E-state index in [9.17, 15) is 13.2 Å². The summed E-state index contributed by atoms with van der Waals surface area (Å²) in [5.74, 6) is 0.220. The van der Waals surface area contributed by atoms with Crippen molar-refractivity contribution in [3.8, 4) is 5.75 Å². The van der Waals surface area contributed by atoms with Crippen LogP contribution >= 0.6 is 0 Å². The number of para-hydroxylation sites is 1. The molecule has 0 radical (unpaired) electrons. The molecule has 168 valence electrons. The molecule has 6 nitrogen and oxygen atoms in total. The van der Waals surface area contributed by atoms with Gasteiger partial charge in [0, 0.05) is 5.69 Å². The number of nitrogens with zero attached hydrogens (tertiary/aromatic N) is 1. The molecule has 0 saturated carbocycles. The number of hydrogen-bond acceptors (Lipinski definition) is 4. The average Bonchev–Trinajstić information content (AvgIpc) is 2.74. The summed E-state index contributed by atoms with van der Waals surface area (Å²) in [6.07, 6.45) is 1.18. The molecule has 0 aliphatic heterocycles. The Morgan fingerprint density at radius 2 is 1.50 bits per heavy atom. The van der Waals surface area contributed by atoms with Crippen molar-refractivity contribution in [3.05, 3.63) is 89.0 Å². The summed E-state index contributed by atoms with van der Waals surface area (Å²) in [6.45, 7) is 5.95. The molecule has 1 amide bonds. The second-order valence-corrected chi connectivity index (χ2v) is 9.76. The first-order chi connectivity index (χ1) is 15.1. The average molecular weight is 453 g/mol. The molecule has 0 aliphatic rings. The summed E-state index contributed by atoms with van der Waals surface area (Å²) in [7, 11) is -3.48. The van der Waals surface area contributed by atoms with E-state index in [1.165, 1.54) is 10.6 Å². The van der Waals surface area contributed by atoms with Crippen molar-refractivity contribution in [1.82, 2.24) is 0 Å². The van der Waals surface area contributed by atoms with Crippen molar-refractivity contribution in [2.24, 2.45) is 0 Å². The Labute approximate surface area is 189 Å². The van der Waals surface area contributed by atoms with Crippen molar-refractivity contribution in [2.75, 3.05) is 22.5 Å². The Hall–Kier alpha value is -3.32. The van der Waals surface area contributed by atoms with E-state index in [1.807, 2.05) is 63.2 Å². The van der Waals surface area contributed by atoms with Crippen LogP contribution in [0.1, 0.15) is 22.3 Å². The summed E-state index contributed by atoms with van der Waals surface area (Å²) < 4.78 is 31.7. The summed E-state index contributed by atoms with van der Waals surface area (Å²) in [6, 6.07) is 20.2. The van der Waals surface area contributed by atoms with E-state index in [1.54, 1.807) is 24.3 Å². The maximum Gasteiger partial charge on any atom is 0.262 e. The number of carbonyl (C=O) groups is 1. The third-order valence-corrected chi connectivity index (χ3v) is 6.23. The first-order valence-corrected chi connectivity index (χ1v) is 12.1. The Kier molecular flexibility index (Phi) is 7.20. The Bertz CT molecular complexity index is 1170. The summed E-state index contributed by atoms with van der Waals surface area (Å²) in [5, 5.41) is 2.88. The second kappa shape index (κ2) is 9.87. The van der Waals surface area contributed by atoms with Crippen LogP contribution in [0.3, 0.4) is 0 Å². The molecule has 3 rings (SSSR count). The normalized spacial score (nSPS) is 11.1. The molecule has 3 aromatic rings. The minimum absolute atomic E-state index is 0.147. The minimum Gasteiger partial charge on any atom is -0.484 e. The van der Waals surface area contributed by atoms with Gasteiger partial charge >= 0.3 is 0 Å². The van der Waals surface area contributed by atoms with Crippen molar-refractivity contribution in [1.29, 1.82) is 0 Å². The molecule has 1 N–H and O–H groups in total. The predicted molar refractivity (Wildman–Crippen MR) is 129 cm³/mol. The number of nitrogens with one attached hydrogen (secondary N) is 1.